The summed E-state index contributed by atoms with van der Waals surface area (Å²) in [5.41, 5.74) is 1.42. The molecule has 0 unspecified atom stereocenters. The maximum atomic E-state index is 12.7. The predicted octanol–water partition coefficient (Wildman–Crippen LogP) is 4.36. The molecule has 164 valence electrons. The molecule has 1 atom stereocenters. The fourth-order valence-electron chi connectivity index (χ4n) is 3.40. The van der Waals surface area contributed by atoms with Crippen molar-refractivity contribution in [3.05, 3.63) is 94.0 Å². The van der Waals surface area contributed by atoms with Gasteiger partial charge in [0.25, 0.3) is 21.6 Å². The zero-order chi connectivity index (χ0) is 22.7. The van der Waals surface area contributed by atoms with Crippen LogP contribution in [-0.2, 0) is 10.0 Å². The Morgan fingerprint density at radius 2 is 1.78 bits per heavy atom. The van der Waals surface area contributed by atoms with Crippen LogP contribution in [0.5, 0.6) is 0 Å². The van der Waals surface area contributed by atoms with E-state index >= 15 is 0 Å². The first-order chi connectivity index (χ1) is 15.3. The van der Waals surface area contributed by atoms with Crippen LogP contribution in [0.2, 0.25) is 0 Å². The van der Waals surface area contributed by atoms with Crippen LogP contribution < -0.4 is 10.0 Å². The minimum absolute atomic E-state index is 0.0769. The van der Waals surface area contributed by atoms with Crippen molar-refractivity contribution in [1.82, 2.24) is 5.32 Å². The van der Waals surface area contributed by atoms with E-state index in [0.29, 0.717) is 5.56 Å². The standard InChI is InChI=1S/C22H19N3O5S2/c26-22(23-20-12-13-31-21-7-2-1-6-19(20)21)15-8-10-16(11-9-15)24-32(29,30)18-5-3-4-17(14-18)25(27)28/h1-11,14,20,24H,12-13H2,(H,23,26)/t20-/m0/s1. The van der Waals surface area contributed by atoms with Gasteiger partial charge in [0.05, 0.1) is 15.9 Å². The Bertz CT molecular complexity index is 1280. The summed E-state index contributed by atoms with van der Waals surface area (Å²) in [6.45, 7) is 0. The van der Waals surface area contributed by atoms with E-state index in [9.17, 15) is 23.3 Å². The van der Waals surface area contributed by atoms with E-state index in [-0.39, 0.29) is 28.2 Å². The lowest BCUT2D eigenvalue weighted by molar-refractivity contribution is -0.385. The summed E-state index contributed by atoms with van der Waals surface area (Å²) in [5, 5.41) is 13.9. The van der Waals surface area contributed by atoms with E-state index in [1.165, 1.54) is 42.5 Å². The van der Waals surface area contributed by atoms with E-state index in [4.69, 9.17) is 0 Å². The number of non-ortho nitro benzene ring substituents is 1. The van der Waals surface area contributed by atoms with Crippen LogP contribution in [0.4, 0.5) is 11.4 Å². The van der Waals surface area contributed by atoms with Gasteiger partial charge in [-0.1, -0.05) is 24.3 Å². The number of hydrogen-bond acceptors (Lipinski definition) is 6. The minimum Gasteiger partial charge on any atom is -0.345 e. The highest BCUT2D eigenvalue weighted by molar-refractivity contribution is 7.99. The summed E-state index contributed by atoms with van der Waals surface area (Å²) in [5.74, 6) is 0.671. The van der Waals surface area contributed by atoms with Crippen LogP contribution in [0.3, 0.4) is 0 Å². The van der Waals surface area contributed by atoms with Gasteiger partial charge in [-0.3, -0.25) is 19.6 Å². The second-order valence-electron chi connectivity index (χ2n) is 7.14. The summed E-state index contributed by atoms with van der Waals surface area (Å²) in [7, 11) is -4.02. The highest BCUT2D eigenvalue weighted by Gasteiger charge is 2.23. The molecule has 10 heteroatoms. The van der Waals surface area contributed by atoms with Crippen molar-refractivity contribution >= 4 is 39.1 Å². The van der Waals surface area contributed by atoms with Gasteiger partial charge in [-0.2, -0.15) is 0 Å². The summed E-state index contributed by atoms with van der Waals surface area (Å²) >= 11 is 1.77. The molecule has 3 aromatic rings. The number of nitro benzene ring substituents is 1. The van der Waals surface area contributed by atoms with Gasteiger partial charge in [0.2, 0.25) is 0 Å². The van der Waals surface area contributed by atoms with Crippen molar-refractivity contribution < 1.29 is 18.1 Å². The van der Waals surface area contributed by atoms with E-state index in [1.54, 1.807) is 11.8 Å². The Kier molecular flexibility index (Phi) is 6.15. The summed E-state index contributed by atoms with van der Waals surface area (Å²) in [6.07, 6.45) is 0.828. The zero-order valence-corrected chi connectivity index (χ0v) is 18.4. The number of amides is 1. The number of sulfonamides is 1. The summed E-state index contributed by atoms with van der Waals surface area (Å²) < 4.78 is 27.5. The molecule has 0 aromatic heterocycles. The van der Waals surface area contributed by atoms with Crippen LogP contribution in [-0.4, -0.2) is 25.0 Å². The second kappa shape index (κ2) is 9.01. The molecule has 32 heavy (non-hydrogen) atoms. The zero-order valence-electron chi connectivity index (χ0n) is 16.7. The Balaban J connectivity index is 1.46. The molecule has 0 bridgehead atoms. The number of carbonyl (C=O) groups is 1. The molecular weight excluding hydrogens is 450 g/mol. The lowest BCUT2D eigenvalue weighted by Gasteiger charge is -2.25. The Labute approximate surface area is 189 Å². The van der Waals surface area contributed by atoms with Gasteiger partial charge < -0.3 is 5.32 Å². The first kappa shape index (κ1) is 21.8. The lowest BCUT2D eigenvalue weighted by Crippen LogP contribution is -2.30. The smallest absolute Gasteiger partial charge is 0.270 e. The average Bonchev–Trinajstić information content (AvgIpc) is 2.79. The molecule has 0 fully saturated rings. The number of carbonyl (C=O) groups excluding carboxylic acids is 1. The van der Waals surface area contributed by atoms with Crippen molar-refractivity contribution in [3.8, 4) is 0 Å². The number of nitrogens with zero attached hydrogens (tertiary/aromatic N) is 1. The van der Waals surface area contributed by atoms with E-state index in [2.05, 4.69) is 10.0 Å². The fourth-order valence-corrected chi connectivity index (χ4v) is 5.62. The monoisotopic (exact) mass is 469 g/mol. The third-order valence-corrected chi connectivity index (χ3v) is 7.50. The molecule has 0 radical (unpaired) electrons. The van der Waals surface area contributed by atoms with Gasteiger partial charge >= 0.3 is 0 Å². The van der Waals surface area contributed by atoms with Gasteiger partial charge in [0.15, 0.2) is 0 Å². The average molecular weight is 470 g/mol. The lowest BCUT2D eigenvalue weighted by atomic mass is 10.0. The van der Waals surface area contributed by atoms with Gasteiger partial charge in [-0.25, -0.2) is 8.42 Å². The number of fused-ring (bicyclic) bond motifs is 1. The van der Waals surface area contributed by atoms with Crippen molar-refractivity contribution in [1.29, 1.82) is 0 Å². The number of nitrogens with one attached hydrogen (secondary N) is 2. The molecule has 8 nitrogen and oxygen atoms in total. The summed E-state index contributed by atoms with van der Waals surface area (Å²) in [6, 6.07) is 18.7. The molecule has 2 N–H and O–H groups in total. The number of anilines is 1. The number of benzene rings is 3. The quantitative estimate of drug-likeness (QED) is 0.409. The SMILES string of the molecule is O=C(N[C@H]1CCSc2ccccc21)c1ccc(NS(=O)(=O)c2cccc([N+](=O)[O-])c2)cc1. The first-order valence-corrected chi connectivity index (χ1v) is 12.2. The molecule has 0 saturated heterocycles. The Morgan fingerprint density at radius 3 is 2.53 bits per heavy atom. The van der Waals surface area contributed by atoms with Crippen LogP contribution >= 0.6 is 11.8 Å². The van der Waals surface area contributed by atoms with Crippen molar-refractivity contribution in [2.75, 3.05) is 10.5 Å². The van der Waals surface area contributed by atoms with Crippen LogP contribution in [0.25, 0.3) is 0 Å². The van der Waals surface area contributed by atoms with Gasteiger partial charge in [0, 0.05) is 34.0 Å². The van der Waals surface area contributed by atoms with E-state index in [0.717, 1.165) is 28.7 Å². The maximum Gasteiger partial charge on any atom is 0.270 e. The number of thioether (sulfide) groups is 1. The molecule has 1 aliphatic rings. The number of hydrogen-bond donors (Lipinski definition) is 2. The third kappa shape index (κ3) is 4.76. The first-order valence-electron chi connectivity index (χ1n) is 9.73. The molecule has 3 aromatic carbocycles. The summed E-state index contributed by atoms with van der Waals surface area (Å²) in [4.78, 5) is 23.9. The minimum atomic E-state index is -4.02. The van der Waals surface area contributed by atoms with Gasteiger partial charge in [0.1, 0.15) is 0 Å². The fraction of sp³-hybridized carbons (Fsp3) is 0.136. The van der Waals surface area contributed by atoms with Crippen LogP contribution in [0.15, 0.2) is 82.6 Å². The third-order valence-electron chi connectivity index (χ3n) is 5.00. The molecule has 4 rings (SSSR count). The van der Waals surface area contributed by atoms with E-state index < -0.39 is 14.9 Å². The molecule has 1 amide bonds. The van der Waals surface area contributed by atoms with Crippen molar-refractivity contribution in [2.45, 2.75) is 22.3 Å². The number of nitro groups is 1. The predicted molar refractivity (Wildman–Crippen MR) is 122 cm³/mol. The Morgan fingerprint density at radius 1 is 1.03 bits per heavy atom. The normalized spacial score (nSPS) is 15.4. The van der Waals surface area contributed by atoms with Gasteiger partial charge in [-0.05, 0) is 48.4 Å². The highest BCUT2D eigenvalue weighted by atomic mass is 32.2. The van der Waals surface area contributed by atoms with Gasteiger partial charge in [-0.15, -0.1) is 11.8 Å². The highest BCUT2D eigenvalue weighted by Crippen LogP contribution is 2.36. The molecule has 0 spiro atoms. The molecule has 0 aliphatic carbocycles. The molecule has 1 heterocycles. The second-order valence-corrected chi connectivity index (χ2v) is 9.96. The van der Waals surface area contributed by atoms with Crippen LogP contribution in [0.1, 0.15) is 28.4 Å². The molecular formula is C22H19N3O5S2. The van der Waals surface area contributed by atoms with Crippen molar-refractivity contribution in [2.24, 2.45) is 0 Å². The molecule has 1 aliphatic heterocycles. The van der Waals surface area contributed by atoms with Crippen molar-refractivity contribution in [3.63, 3.8) is 0 Å². The molecule has 0 saturated carbocycles. The van der Waals surface area contributed by atoms with E-state index in [1.807, 2.05) is 24.3 Å². The number of rotatable bonds is 6. The largest absolute Gasteiger partial charge is 0.345 e. The van der Waals surface area contributed by atoms with Crippen LogP contribution in [0, 0.1) is 10.1 Å². The maximum absolute atomic E-state index is 12.7. The topological polar surface area (TPSA) is 118 Å². The Hall–Kier alpha value is -3.37.